The van der Waals surface area contributed by atoms with Gasteiger partial charge in [-0.3, -0.25) is 4.79 Å². The molecule has 0 fully saturated rings. The Bertz CT molecular complexity index is 878. The number of thiophene rings is 1. The van der Waals surface area contributed by atoms with E-state index in [1.165, 1.54) is 0 Å². The van der Waals surface area contributed by atoms with Crippen LogP contribution in [0.2, 0.25) is 0 Å². The van der Waals surface area contributed by atoms with Crippen molar-refractivity contribution in [2.24, 2.45) is 0 Å². The molecule has 0 spiro atoms. The van der Waals surface area contributed by atoms with Crippen LogP contribution in [0.3, 0.4) is 0 Å². The molecule has 3 aromatic rings. The van der Waals surface area contributed by atoms with Gasteiger partial charge in [0, 0.05) is 27.5 Å². The minimum atomic E-state index is -0.0134. The lowest BCUT2D eigenvalue weighted by atomic mass is 10.1. The summed E-state index contributed by atoms with van der Waals surface area (Å²) in [5.74, 6) is 0.531. The van der Waals surface area contributed by atoms with E-state index in [1.807, 2.05) is 51.3 Å². The van der Waals surface area contributed by atoms with E-state index < -0.39 is 0 Å². The molecule has 1 amide bonds. The highest BCUT2D eigenvalue weighted by Crippen LogP contribution is 2.17. The Morgan fingerprint density at radius 1 is 1.20 bits per heavy atom. The average molecular weight is 355 g/mol. The van der Waals surface area contributed by atoms with Gasteiger partial charge < -0.3 is 5.32 Å². The van der Waals surface area contributed by atoms with Crippen molar-refractivity contribution < 1.29 is 4.79 Å². The molecule has 1 N–H and O–H groups in total. The topological polar surface area (TPSA) is 72.7 Å². The summed E-state index contributed by atoms with van der Waals surface area (Å²) in [7, 11) is 0. The predicted molar refractivity (Wildman–Crippen MR) is 98.0 cm³/mol. The molecule has 3 rings (SSSR count). The normalized spacial score (nSPS) is 10.9. The Hall–Kier alpha value is -2.54. The van der Waals surface area contributed by atoms with Crippen LogP contribution in [0, 0.1) is 27.7 Å². The van der Waals surface area contributed by atoms with Crippen LogP contribution in [0.1, 0.15) is 33.2 Å². The maximum Gasteiger partial charge on any atom is 0.251 e. The van der Waals surface area contributed by atoms with Crippen molar-refractivity contribution in [2.75, 3.05) is 0 Å². The molecule has 130 valence electrons. The van der Waals surface area contributed by atoms with Gasteiger partial charge in [0.15, 0.2) is 0 Å². The van der Waals surface area contributed by atoms with Gasteiger partial charge in [0.2, 0.25) is 5.91 Å². The molecule has 3 aromatic heterocycles. The molecule has 0 aliphatic heterocycles. The SMILES string of the molecule is Cc1cc(C)nc(-n2nc(C)c(CC(=O)NCc3cccs3)c2C)n1. The first-order valence-electron chi connectivity index (χ1n) is 8.11. The maximum atomic E-state index is 12.3. The third-order valence-electron chi connectivity index (χ3n) is 3.98. The lowest BCUT2D eigenvalue weighted by Gasteiger charge is -2.06. The maximum absolute atomic E-state index is 12.3. The van der Waals surface area contributed by atoms with E-state index in [1.54, 1.807) is 16.0 Å². The first-order chi connectivity index (χ1) is 11.9. The van der Waals surface area contributed by atoms with Crippen molar-refractivity contribution in [3.8, 4) is 5.95 Å². The van der Waals surface area contributed by atoms with Crippen LogP contribution in [0.15, 0.2) is 23.6 Å². The zero-order valence-electron chi connectivity index (χ0n) is 14.8. The minimum absolute atomic E-state index is 0.0134. The summed E-state index contributed by atoms with van der Waals surface area (Å²) in [6.07, 6.45) is 0.299. The highest BCUT2D eigenvalue weighted by atomic mass is 32.1. The Morgan fingerprint density at radius 2 is 1.92 bits per heavy atom. The molecule has 6 nitrogen and oxygen atoms in total. The zero-order chi connectivity index (χ0) is 18.0. The monoisotopic (exact) mass is 355 g/mol. The third kappa shape index (κ3) is 3.93. The minimum Gasteiger partial charge on any atom is -0.351 e. The van der Waals surface area contributed by atoms with Gasteiger partial charge in [0.1, 0.15) is 0 Å². The predicted octanol–water partition coefficient (Wildman–Crippen LogP) is 2.82. The van der Waals surface area contributed by atoms with Gasteiger partial charge >= 0.3 is 0 Å². The van der Waals surface area contributed by atoms with Crippen LogP contribution in [-0.4, -0.2) is 25.7 Å². The molecule has 25 heavy (non-hydrogen) atoms. The molecule has 0 aromatic carbocycles. The van der Waals surface area contributed by atoms with Crippen molar-refractivity contribution >= 4 is 17.2 Å². The highest BCUT2D eigenvalue weighted by molar-refractivity contribution is 7.09. The van der Waals surface area contributed by atoms with E-state index in [4.69, 9.17) is 0 Å². The summed E-state index contributed by atoms with van der Waals surface area (Å²) in [4.78, 5) is 22.3. The molecule has 3 heterocycles. The zero-order valence-corrected chi connectivity index (χ0v) is 15.6. The number of hydrogen-bond acceptors (Lipinski definition) is 5. The molecule has 0 aliphatic carbocycles. The second-order valence-corrected chi connectivity index (χ2v) is 7.08. The molecule has 0 bridgehead atoms. The van der Waals surface area contributed by atoms with Crippen molar-refractivity contribution in [1.82, 2.24) is 25.1 Å². The Balaban J connectivity index is 1.78. The van der Waals surface area contributed by atoms with E-state index in [9.17, 15) is 4.79 Å². The molecule has 0 aliphatic rings. The van der Waals surface area contributed by atoms with Gasteiger partial charge in [0.25, 0.3) is 5.95 Å². The van der Waals surface area contributed by atoms with Gasteiger partial charge in [-0.2, -0.15) is 5.10 Å². The fourth-order valence-corrected chi connectivity index (χ4v) is 3.39. The van der Waals surface area contributed by atoms with Crippen molar-refractivity contribution in [3.63, 3.8) is 0 Å². The van der Waals surface area contributed by atoms with E-state index in [2.05, 4.69) is 20.4 Å². The molecular weight excluding hydrogens is 334 g/mol. The van der Waals surface area contributed by atoms with Crippen LogP contribution >= 0.6 is 11.3 Å². The Kier molecular flexibility index (Phi) is 4.94. The van der Waals surface area contributed by atoms with Crippen LogP contribution in [-0.2, 0) is 17.8 Å². The van der Waals surface area contributed by atoms with Gasteiger partial charge in [-0.25, -0.2) is 14.6 Å². The summed E-state index contributed by atoms with van der Waals surface area (Å²) < 4.78 is 1.72. The molecule has 0 atom stereocenters. The van der Waals surface area contributed by atoms with E-state index >= 15 is 0 Å². The number of carbonyl (C=O) groups excluding carboxylic acids is 1. The second kappa shape index (κ2) is 7.14. The summed E-state index contributed by atoms with van der Waals surface area (Å²) in [5, 5.41) is 9.50. The number of aryl methyl sites for hydroxylation is 3. The van der Waals surface area contributed by atoms with Crippen molar-refractivity contribution in [2.45, 2.75) is 40.7 Å². The quantitative estimate of drug-likeness (QED) is 0.764. The molecular formula is C18H21N5OS. The van der Waals surface area contributed by atoms with Crippen LogP contribution in [0.5, 0.6) is 0 Å². The largest absolute Gasteiger partial charge is 0.351 e. The van der Waals surface area contributed by atoms with E-state index in [0.717, 1.165) is 33.2 Å². The summed E-state index contributed by atoms with van der Waals surface area (Å²) in [6, 6.07) is 5.92. The molecule has 7 heteroatoms. The fraction of sp³-hybridized carbons (Fsp3) is 0.333. The highest BCUT2D eigenvalue weighted by Gasteiger charge is 2.17. The van der Waals surface area contributed by atoms with Crippen LogP contribution in [0.4, 0.5) is 0 Å². The summed E-state index contributed by atoms with van der Waals surface area (Å²) >= 11 is 1.63. The van der Waals surface area contributed by atoms with Crippen LogP contribution < -0.4 is 5.32 Å². The van der Waals surface area contributed by atoms with Gasteiger partial charge in [-0.15, -0.1) is 11.3 Å². The smallest absolute Gasteiger partial charge is 0.251 e. The fourth-order valence-electron chi connectivity index (χ4n) is 2.75. The number of nitrogens with zero attached hydrogens (tertiary/aromatic N) is 4. The number of carbonyl (C=O) groups is 1. The number of hydrogen-bond donors (Lipinski definition) is 1. The summed E-state index contributed by atoms with van der Waals surface area (Å²) in [6.45, 7) is 8.28. The second-order valence-electron chi connectivity index (χ2n) is 6.04. The molecule has 0 unspecified atom stereocenters. The number of rotatable bonds is 5. The van der Waals surface area contributed by atoms with Gasteiger partial charge in [-0.05, 0) is 45.2 Å². The Morgan fingerprint density at radius 3 is 2.56 bits per heavy atom. The van der Waals surface area contributed by atoms with E-state index in [0.29, 0.717) is 18.9 Å². The van der Waals surface area contributed by atoms with Crippen molar-refractivity contribution in [1.29, 1.82) is 0 Å². The van der Waals surface area contributed by atoms with Gasteiger partial charge in [0.05, 0.1) is 18.7 Å². The molecule has 0 saturated carbocycles. The van der Waals surface area contributed by atoms with E-state index in [-0.39, 0.29) is 5.91 Å². The van der Waals surface area contributed by atoms with Crippen molar-refractivity contribution in [3.05, 3.63) is 56.8 Å². The lowest BCUT2D eigenvalue weighted by molar-refractivity contribution is -0.120. The molecule has 0 saturated heterocycles. The molecule has 0 radical (unpaired) electrons. The number of nitrogens with one attached hydrogen (secondary N) is 1. The lowest BCUT2D eigenvalue weighted by Crippen LogP contribution is -2.24. The summed E-state index contributed by atoms with van der Waals surface area (Å²) in [5.41, 5.74) is 4.43. The number of aromatic nitrogens is 4. The third-order valence-corrected chi connectivity index (χ3v) is 4.85. The first kappa shape index (κ1) is 17.3. The first-order valence-corrected chi connectivity index (χ1v) is 8.99. The average Bonchev–Trinajstić information content (AvgIpc) is 3.15. The van der Waals surface area contributed by atoms with Crippen LogP contribution in [0.25, 0.3) is 5.95 Å². The number of amides is 1. The standard InChI is InChI=1S/C18H21N5OS/c1-11-8-12(2)21-18(20-11)23-14(4)16(13(3)22-23)9-17(24)19-10-15-6-5-7-25-15/h5-8H,9-10H2,1-4H3,(H,19,24). The Labute approximate surface area is 150 Å². The van der Waals surface area contributed by atoms with Gasteiger partial charge in [-0.1, -0.05) is 6.07 Å².